The first-order chi connectivity index (χ1) is 10.2. The van der Waals surface area contributed by atoms with Gasteiger partial charge in [0.2, 0.25) is 0 Å². The first-order valence-electron chi connectivity index (χ1n) is 7.25. The Morgan fingerprint density at radius 2 is 1.81 bits per heavy atom. The standard InChI is InChI=1S/C15H18N4O2/c16-14(20)18-13(11-7-3-1-4-8-11)17-19(15(18)21)12-9-5-2-6-10-12/h2,5-6,9-11H,1,3-4,7-8H2,(H2,16,20). The molecule has 2 aromatic rings. The van der Waals surface area contributed by atoms with Crippen molar-refractivity contribution in [2.75, 3.05) is 0 Å². The molecule has 0 aliphatic heterocycles. The highest BCUT2D eigenvalue weighted by molar-refractivity contribution is 5.75. The minimum atomic E-state index is -0.761. The SMILES string of the molecule is NC(=O)n1c(C2CCCCC2)nn(-c2ccccc2)c1=O. The molecule has 3 rings (SSSR count). The number of hydrogen-bond donors (Lipinski definition) is 1. The van der Waals surface area contributed by atoms with E-state index in [2.05, 4.69) is 5.10 Å². The molecule has 21 heavy (non-hydrogen) atoms. The fraction of sp³-hybridized carbons (Fsp3) is 0.400. The van der Waals surface area contributed by atoms with Crippen LogP contribution in [0.15, 0.2) is 35.1 Å². The number of carbonyl (C=O) groups excluding carboxylic acids is 1. The van der Waals surface area contributed by atoms with Crippen LogP contribution in [0, 0.1) is 0 Å². The van der Waals surface area contributed by atoms with Crippen LogP contribution in [0.3, 0.4) is 0 Å². The first-order valence-corrected chi connectivity index (χ1v) is 7.25. The van der Waals surface area contributed by atoms with Crippen molar-refractivity contribution in [1.82, 2.24) is 14.3 Å². The minimum absolute atomic E-state index is 0.129. The number of nitrogens with zero attached hydrogens (tertiary/aromatic N) is 3. The topological polar surface area (TPSA) is 82.9 Å². The van der Waals surface area contributed by atoms with Gasteiger partial charge in [-0.1, -0.05) is 37.5 Å². The molecule has 0 unspecified atom stereocenters. The Labute approximate surface area is 122 Å². The summed E-state index contributed by atoms with van der Waals surface area (Å²) in [6, 6.07) is 8.32. The normalized spacial score (nSPS) is 16.0. The van der Waals surface area contributed by atoms with Crippen LogP contribution >= 0.6 is 0 Å². The Kier molecular flexibility index (Phi) is 3.60. The monoisotopic (exact) mass is 286 g/mol. The van der Waals surface area contributed by atoms with E-state index in [0.29, 0.717) is 11.5 Å². The predicted molar refractivity (Wildman–Crippen MR) is 78.6 cm³/mol. The second kappa shape index (κ2) is 5.55. The van der Waals surface area contributed by atoms with Gasteiger partial charge in [0.15, 0.2) is 0 Å². The quantitative estimate of drug-likeness (QED) is 0.916. The minimum Gasteiger partial charge on any atom is -0.351 e. The number of benzene rings is 1. The van der Waals surface area contributed by atoms with E-state index in [1.807, 2.05) is 18.2 Å². The molecule has 6 heteroatoms. The van der Waals surface area contributed by atoms with Crippen molar-refractivity contribution < 1.29 is 4.79 Å². The maximum absolute atomic E-state index is 12.4. The van der Waals surface area contributed by atoms with Gasteiger partial charge in [-0.25, -0.2) is 9.59 Å². The van der Waals surface area contributed by atoms with E-state index in [1.54, 1.807) is 12.1 Å². The van der Waals surface area contributed by atoms with Gasteiger partial charge < -0.3 is 5.73 Å². The van der Waals surface area contributed by atoms with E-state index in [4.69, 9.17) is 5.73 Å². The van der Waals surface area contributed by atoms with E-state index in [0.717, 1.165) is 30.3 Å². The van der Waals surface area contributed by atoms with Crippen LogP contribution < -0.4 is 11.4 Å². The maximum Gasteiger partial charge on any atom is 0.359 e. The molecule has 1 aromatic carbocycles. The van der Waals surface area contributed by atoms with E-state index in [1.165, 1.54) is 11.1 Å². The lowest BCUT2D eigenvalue weighted by Crippen LogP contribution is -2.34. The molecule has 0 saturated heterocycles. The Balaban J connectivity index is 2.11. The molecule has 1 aliphatic rings. The van der Waals surface area contributed by atoms with Crippen LogP contribution in [0.5, 0.6) is 0 Å². The number of amides is 1. The summed E-state index contributed by atoms with van der Waals surface area (Å²) in [5, 5.41) is 4.39. The van der Waals surface area contributed by atoms with Crippen molar-refractivity contribution in [2.45, 2.75) is 38.0 Å². The molecule has 1 heterocycles. The molecule has 0 spiro atoms. The van der Waals surface area contributed by atoms with E-state index < -0.39 is 11.7 Å². The van der Waals surface area contributed by atoms with Gasteiger partial charge in [-0.05, 0) is 25.0 Å². The van der Waals surface area contributed by atoms with Gasteiger partial charge >= 0.3 is 11.7 Å². The summed E-state index contributed by atoms with van der Waals surface area (Å²) in [4.78, 5) is 24.1. The van der Waals surface area contributed by atoms with Crippen molar-refractivity contribution in [3.63, 3.8) is 0 Å². The number of primary amides is 1. The molecule has 6 nitrogen and oxygen atoms in total. The third-order valence-electron chi connectivity index (χ3n) is 4.00. The van der Waals surface area contributed by atoms with Crippen molar-refractivity contribution in [3.8, 4) is 5.69 Å². The Bertz CT molecular complexity index is 696. The summed E-state index contributed by atoms with van der Waals surface area (Å²) >= 11 is 0. The van der Waals surface area contributed by atoms with Gasteiger partial charge in [-0.2, -0.15) is 9.25 Å². The third kappa shape index (κ3) is 2.49. The Morgan fingerprint density at radius 3 is 2.43 bits per heavy atom. The smallest absolute Gasteiger partial charge is 0.351 e. The zero-order valence-corrected chi connectivity index (χ0v) is 11.7. The molecule has 0 atom stereocenters. The highest BCUT2D eigenvalue weighted by Gasteiger charge is 2.26. The van der Waals surface area contributed by atoms with Crippen molar-refractivity contribution in [1.29, 1.82) is 0 Å². The first kappa shape index (κ1) is 13.6. The number of rotatable bonds is 2. The average molecular weight is 286 g/mol. The number of para-hydroxylation sites is 1. The molecule has 0 bridgehead atoms. The number of aromatic nitrogens is 3. The van der Waals surface area contributed by atoms with Crippen LogP contribution in [0.2, 0.25) is 0 Å². The van der Waals surface area contributed by atoms with Gasteiger partial charge in [-0.15, -0.1) is 5.10 Å². The average Bonchev–Trinajstić information content (AvgIpc) is 2.87. The molecule has 1 amide bonds. The molecule has 0 radical (unpaired) electrons. The van der Waals surface area contributed by atoms with Gasteiger partial charge in [-0.3, -0.25) is 0 Å². The molecule has 1 aliphatic carbocycles. The summed E-state index contributed by atoms with van der Waals surface area (Å²) in [5.74, 6) is 0.625. The summed E-state index contributed by atoms with van der Waals surface area (Å²) in [6.07, 6.45) is 5.26. The highest BCUT2D eigenvalue weighted by atomic mass is 16.2. The second-order valence-corrected chi connectivity index (χ2v) is 5.40. The third-order valence-corrected chi connectivity index (χ3v) is 4.00. The zero-order valence-electron chi connectivity index (χ0n) is 11.7. The lowest BCUT2D eigenvalue weighted by Gasteiger charge is -2.20. The van der Waals surface area contributed by atoms with Crippen molar-refractivity contribution in [3.05, 3.63) is 46.6 Å². The van der Waals surface area contributed by atoms with Gasteiger partial charge in [0, 0.05) is 5.92 Å². The number of nitrogens with two attached hydrogens (primary N) is 1. The second-order valence-electron chi connectivity index (χ2n) is 5.40. The summed E-state index contributed by atoms with van der Waals surface area (Å²) < 4.78 is 2.28. The summed E-state index contributed by atoms with van der Waals surface area (Å²) in [6.45, 7) is 0. The van der Waals surface area contributed by atoms with Crippen LogP contribution in [0.1, 0.15) is 43.8 Å². The Morgan fingerprint density at radius 1 is 1.14 bits per heavy atom. The fourth-order valence-corrected chi connectivity index (χ4v) is 2.95. The largest absolute Gasteiger partial charge is 0.359 e. The van der Waals surface area contributed by atoms with Crippen LogP contribution in [-0.4, -0.2) is 20.4 Å². The van der Waals surface area contributed by atoms with Crippen molar-refractivity contribution in [2.24, 2.45) is 5.73 Å². The highest BCUT2D eigenvalue weighted by Crippen LogP contribution is 2.31. The Hall–Kier alpha value is -2.37. The van der Waals surface area contributed by atoms with Gasteiger partial charge in [0.1, 0.15) is 5.82 Å². The molecule has 1 aromatic heterocycles. The molecule has 1 fully saturated rings. The molecule has 2 N–H and O–H groups in total. The van der Waals surface area contributed by atoms with Crippen molar-refractivity contribution >= 4 is 6.03 Å². The zero-order chi connectivity index (χ0) is 14.8. The summed E-state index contributed by atoms with van der Waals surface area (Å²) in [7, 11) is 0. The molecule has 1 saturated carbocycles. The molecule has 110 valence electrons. The number of carbonyl (C=O) groups is 1. The lowest BCUT2D eigenvalue weighted by molar-refractivity contribution is 0.248. The van der Waals surface area contributed by atoms with Crippen LogP contribution in [0.25, 0.3) is 5.69 Å². The molecular weight excluding hydrogens is 268 g/mol. The van der Waals surface area contributed by atoms with Gasteiger partial charge in [0.05, 0.1) is 5.69 Å². The van der Waals surface area contributed by atoms with E-state index in [9.17, 15) is 9.59 Å². The summed E-state index contributed by atoms with van der Waals surface area (Å²) in [5.41, 5.74) is 5.53. The lowest BCUT2D eigenvalue weighted by atomic mass is 9.89. The van der Waals surface area contributed by atoms with E-state index >= 15 is 0 Å². The maximum atomic E-state index is 12.4. The number of hydrogen-bond acceptors (Lipinski definition) is 3. The van der Waals surface area contributed by atoms with E-state index in [-0.39, 0.29) is 5.92 Å². The van der Waals surface area contributed by atoms with Gasteiger partial charge in [0.25, 0.3) is 0 Å². The predicted octanol–water partition coefficient (Wildman–Crippen LogP) is 2.01. The molecular formula is C15H18N4O2. The fourth-order valence-electron chi connectivity index (χ4n) is 2.95. The van der Waals surface area contributed by atoms with Crippen LogP contribution in [-0.2, 0) is 0 Å². The van der Waals surface area contributed by atoms with Crippen LogP contribution in [0.4, 0.5) is 4.79 Å².